The van der Waals surface area contributed by atoms with Crippen molar-refractivity contribution in [1.82, 2.24) is 14.3 Å². The van der Waals surface area contributed by atoms with Gasteiger partial charge in [0.2, 0.25) is 0 Å². The van der Waals surface area contributed by atoms with Gasteiger partial charge in [0, 0.05) is 30.3 Å². The lowest BCUT2D eigenvalue weighted by atomic mass is 9.87. The van der Waals surface area contributed by atoms with Gasteiger partial charge in [-0.3, -0.25) is 18.8 Å². The molecule has 3 heterocycles. The van der Waals surface area contributed by atoms with Crippen molar-refractivity contribution < 1.29 is 14.3 Å². The van der Waals surface area contributed by atoms with Crippen LogP contribution in [0.15, 0.2) is 35.4 Å². The molecule has 4 rings (SSSR count). The molecule has 1 aliphatic heterocycles. The number of aromatic nitrogens is 3. The van der Waals surface area contributed by atoms with E-state index in [1.165, 1.54) is 4.57 Å². The number of rotatable bonds is 3. The van der Waals surface area contributed by atoms with Gasteiger partial charge in [0.15, 0.2) is 17.3 Å². The fraction of sp³-hybridized carbons (Fsp3) is 0.304. The molecule has 0 bridgehead atoms. The van der Waals surface area contributed by atoms with Crippen molar-refractivity contribution in [3.8, 4) is 23.3 Å². The summed E-state index contributed by atoms with van der Waals surface area (Å²) in [6, 6.07) is 7.17. The van der Waals surface area contributed by atoms with Crippen LogP contribution in [-0.2, 0) is 11.8 Å². The third-order valence-electron chi connectivity index (χ3n) is 4.86. The fourth-order valence-corrected chi connectivity index (χ4v) is 4.39. The molecule has 1 aromatic carbocycles. The number of benzene rings is 1. The van der Waals surface area contributed by atoms with E-state index in [0.717, 1.165) is 16.9 Å². The summed E-state index contributed by atoms with van der Waals surface area (Å²) >= 11 is 1.11. The number of ether oxygens (including phenoxy) is 2. The van der Waals surface area contributed by atoms with Gasteiger partial charge in [0.1, 0.15) is 29.5 Å². The molecular formula is C23H22N4O4S. The second-order valence-corrected chi connectivity index (χ2v) is 9.43. The Bertz CT molecular complexity index is 1430. The largest absolute Gasteiger partial charge is 0.486 e. The maximum atomic E-state index is 13.5. The molecule has 2 aromatic heterocycles. The van der Waals surface area contributed by atoms with Crippen molar-refractivity contribution in [2.24, 2.45) is 12.5 Å². The zero-order valence-electron chi connectivity index (χ0n) is 18.2. The maximum Gasteiger partial charge on any atom is 0.273 e. The molecule has 0 radical (unpaired) electrons. The lowest BCUT2D eigenvalue weighted by molar-refractivity contribution is -0.120. The number of nitrogens with zero attached hydrogens (tertiary/aromatic N) is 4. The van der Waals surface area contributed by atoms with Gasteiger partial charge < -0.3 is 9.47 Å². The summed E-state index contributed by atoms with van der Waals surface area (Å²) in [5.41, 5.74) is 0.0640. The standard InChI is InChI=1S/C23H22N4O4S/c1-23(2,3)20(28)16(11-24)22-27(15-5-6-17-18(10-15)31-8-7-30-17)21(29)19(32-22)9-14-12-25-26(4)13-14/h5-6,9-10,12-13H,7-8H2,1-4H3/b19-9+,22-16-. The van der Waals surface area contributed by atoms with E-state index in [2.05, 4.69) is 5.10 Å². The lowest BCUT2D eigenvalue weighted by Gasteiger charge is -2.19. The molecule has 8 nitrogen and oxygen atoms in total. The zero-order chi connectivity index (χ0) is 23.0. The molecule has 0 amide bonds. The molecule has 3 aromatic rings. The molecule has 0 N–H and O–H groups in total. The van der Waals surface area contributed by atoms with Crippen molar-refractivity contribution >= 4 is 28.8 Å². The molecule has 1 aliphatic rings. The number of hydrogen-bond donors (Lipinski definition) is 0. The highest BCUT2D eigenvalue weighted by Gasteiger charge is 2.28. The van der Waals surface area contributed by atoms with Gasteiger partial charge in [0.05, 0.1) is 16.4 Å². The number of nitriles is 1. The minimum atomic E-state index is -0.782. The van der Waals surface area contributed by atoms with Crippen molar-refractivity contribution in [1.29, 1.82) is 5.26 Å². The molecule has 0 saturated heterocycles. The van der Waals surface area contributed by atoms with Crippen LogP contribution in [0.5, 0.6) is 11.5 Å². The maximum absolute atomic E-state index is 13.5. The van der Waals surface area contributed by atoms with Crippen molar-refractivity contribution in [2.45, 2.75) is 20.8 Å². The summed E-state index contributed by atoms with van der Waals surface area (Å²) in [6.45, 7) is 6.09. The third-order valence-corrected chi connectivity index (χ3v) is 5.96. The topological polar surface area (TPSA) is 99.1 Å². The quantitative estimate of drug-likeness (QED) is 0.600. The number of Topliss-reactive ketones (excluding diaryl/α,β-unsaturated/α-hetero) is 1. The van der Waals surface area contributed by atoms with Crippen LogP contribution >= 0.6 is 11.3 Å². The Morgan fingerprint density at radius 2 is 1.97 bits per heavy atom. The Labute approximate surface area is 188 Å². The molecule has 9 heteroatoms. The first kappa shape index (κ1) is 21.6. The average Bonchev–Trinajstić information content (AvgIpc) is 3.30. The Morgan fingerprint density at radius 1 is 1.25 bits per heavy atom. The van der Waals surface area contributed by atoms with Crippen molar-refractivity contribution in [2.75, 3.05) is 13.2 Å². The molecule has 0 fully saturated rings. The number of carbonyl (C=O) groups excluding carboxylic acids is 1. The fourth-order valence-electron chi connectivity index (χ4n) is 3.29. The van der Waals surface area contributed by atoms with Gasteiger partial charge in [-0.2, -0.15) is 10.4 Å². The summed E-state index contributed by atoms with van der Waals surface area (Å²) in [5.74, 6) is 0.763. The first-order valence-corrected chi connectivity index (χ1v) is 10.8. The van der Waals surface area contributed by atoms with Crippen LogP contribution in [0, 0.1) is 16.7 Å². The Kier molecular flexibility index (Phi) is 5.48. The van der Waals surface area contributed by atoms with Crippen LogP contribution in [0.4, 0.5) is 0 Å². The lowest BCUT2D eigenvalue weighted by Crippen LogP contribution is -2.33. The van der Waals surface area contributed by atoms with E-state index in [9.17, 15) is 14.9 Å². The summed E-state index contributed by atoms with van der Waals surface area (Å²) in [7, 11) is 1.79. The predicted molar refractivity (Wildman–Crippen MR) is 120 cm³/mol. The smallest absolute Gasteiger partial charge is 0.273 e. The second kappa shape index (κ2) is 8.13. The Balaban J connectivity index is 2.05. The van der Waals surface area contributed by atoms with Gasteiger partial charge in [-0.15, -0.1) is 11.3 Å². The highest BCUT2D eigenvalue weighted by Crippen LogP contribution is 2.31. The van der Waals surface area contributed by atoms with Gasteiger partial charge in [-0.25, -0.2) is 0 Å². The molecule has 0 unspecified atom stereocenters. The SMILES string of the molecule is Cn1cc(/C=c2/s/c(=C(/C#N)C(=O)C(C)(C)C)n(-c3ccc4c(c3)OCCO4)c2=O)cn1. The number of fused-ring (bicyclic) bond motifs is 1. The monoisotopic (exact) mass is 450 g/mol. The molecule has 0 spiro atoms. The first-order valence-electron chi connectivity index (χ1n) is 10.0. The highest BCUT2D eigenvalue weighted by atomic mass is 32.1. The number of ketones is 1. The minimum Gasteiger partial charge on any atom is -0.486 e. The minimum absolute atomic E-state index is 0.0553. The summed E-state index contributed by atoms with van der Waals surface area (Å²) in [4.78, 5) is 26.5. The van der Waals surface area contributed by atoms with Crippen molar-refractivity contribution in [3.05, 3.63) is 55.7 Å². The van der Waals surface area contributed by atoms with E-state index in [-0.39, 0.29) is 21.6 Å². The predicted octanol–water partition coefficient (Wildman–Crippen LogP) is 1.52. The van der Waals surface area contributed by atoms with Crippen LogP contribution in [0.2, 0.25) is 0 Å². The van der Waals surface area contributed by atoms with Gasteiger partial charge >= 0.3 is 0 Å². The Morgan fingerprint density at radius 3 is 2.59 bits per heavy atom. The van der Waals surface area contributed by atoms with E-state index < -0.39 is 5.41 Å². The molecule has 0 aliphatic carbocycles. The van der Waals surface area contributed by atoms with Gasteiger partial charge in [-0.05, 0) is 18.2 Å². The summed E-state index contributed by atoms with van der Waals surface area (Å²) in [5, 5.41) is 14.0. The van der Waals surface area contributed by atoms with E-state index in [1.807, 2.05) is 6.07 Å². The van der Waals surface area contributed by atoms with Gasteiger partial charge in [0.25, 0.3) is 5.56 Å². The average molecular weight is 451 g/mol. The number of aryl methyl sites for hydroxylation is 1. The van der Waals surface area contributed by atoms with Crippen molar-refractivity contribution in [3.63, 3.8) is 0 Å². The number of carbonyl (C=O) groups is 1. The van der Waals surface area contributed by atoms with E-state index >= 15 is 0 Å². The number of hydrogen-bond acceptors (Lipinski definition) is 7. The summed E-state index contributed by atoms with van der Waals surface area (Å²) < 4.78 is 14.9. The number of thiazole rings is 1. The summed E-state index contributed by atoms with van der Waals surface area (Å²) in [6.07, 6.45) is 5.12. The molecule has 32 heavy (non-hydrogen) atoms. The van der Waals surface area contributed by atoms with Crippen LogP contribution in [-0.4, -0.2) is 33.3 Å². The first-order chi connectivity index (χ1) is 15.2. The molecule has 0 saturated carbocycles. The Hall–Kier alpha value is -3.64. The van der Waals surface area contributed by atoms with Crippen LogP contribution in [0.1, 0.15) is 26.3 Å². The normalized spacial score (nSPS) is 14.8. The molecule has 0 atom stereocenters. The molecule has 164 valence electrons. The second-order valence-electron chi connectivity index (χ2n) is 8.40. The van der Waals surface area contributed by atoms with E-state index in [4.69, 9.17) is 9.47 Å². The van der Waals surface area contributed by atoms with Crippen LogP contribution < -0.4 is 24.2 Å². The van der Waals surface area contributed by atoms with E-state index in [0.29, 0.717) is 34.9 Å². The van der Waals surface area contributed by atoms with Crippen LogP contribution in [0.3, 0.4) is 0 Å². The third kappa shape index (κ3) is 3.97. The van der Waals surface area contributed by atoms with E-state index in [1.54, 1.807) is 69.2 Å². The zero-order valence-corrected chi connectivity index (χ0v) is 19.0. The van der Waals surface area contributed by atoms with Gasteiger partial charge in [-0.1, -0.05) is 20.8 Å². The molecular weight excluding hydrogens is 428 g/mol. The van der Waals surface area contributed by atoms with Crippen LogP contribution in [0.25, 0.3) is 17.3 Å². The highest BCUT2D eigenvalue weighted by molar-refractivity contribution is 7.07.